The second kappa shape index (κ2) is 7.92. The van der Waals surface area contributed by atoms with Crippen molar-refractivity contribution in [1.82, 2.24) is 10.6 Å². The molecule has 0 bridgehead atoms. The van der Waals surface area contributed by atoms with Gasteiger partial charge in [0.05, 0.1) is 0 Å². The summed E-state index contributed by atoms with van der Waals surface area (Å²) in [6, 6.07) is -0.729. The molecule has 0 aromatic carbocycles. The van der Waals surface area contributed by atoms with Crippen LogP contribution < -0.4 is 10.6 Å². The number of rotatable bonds is 2. The molecule has 0 saturated carbocycles. The Hall–Kier alpha value is -0.520. The number of barbiturate groups is 1. The van der Waals surface area contributed by atoms with Gasteiger partial charge in [-0.1, -0.05) is 13.8 Å². The first kappa shape index (κ1) is 20.8. The first-order valence-corrected chi connectivity index (χ1v) is 6.33. The van der Waals surface area contributed by atoms with Gasteiger partial charge in [-0.15, -0.1) is 0 Å². The van der Waals surface area contributed by atoms with Crippen LogP contribution in [-0.4, -0.2) is 64.9 Å². The van der Waals surface area contributed by atoms with Crippen LogP contribution in [0.2, 0.25) is 0 Å². The fourth-order valence-corrected chi connectivity index (χ4v) is 1.47. The van der Waals surface area contributed by atoms with E-state index in [0.717, 1.165) is 0 Å². The second-order valence-electron chi connectivity index (χ2n) is 3.47. The van der Waals surface area contributed by atoms with E-state index in [1.807, 2.05) is 0 Å². The molecule has 0 spiro atoms. The number of carbonyl (C=O) groups excluding carboxylic acids is 3. The Balaban J connectivity index is 0. The number of nitrogens with one attached hydrogen (secondary N) is 2. The molecule has 0 atom stereocenters. The number of imide groups is 2. The van der Waals surface area contributed by atoms with Crippen LogP contribution >= 0.6 is 0 Å². The summed E-state index contributed by atoms with van der Waals surface area (Å²) in [7, 11) is -4.67. The first-order valence-electron chi connectivity index (χ1n) is 4.93. The predicted octanol–water partition coefficient (Wildman–Crippen LogP) is -1.14. The van der Waals surface area contributed by atoms with Gasteiger partial charge in [0.15, 0.2) is 0 Å². The van der Waals surface area contributed by atoms with Crippen LogP contribution in [0.15, 0.2) is 0 Å². The number of carbonyl (C=O) groups is 3. The van der Waals surface area contributed by atoms with Crippen molar-refractivity contribution < 1.29 is 31.9 Å². The summed E-state index contributed by atoms with van der Waals surface area (Å²) in [5.74, 6) is -0.988. The summed E-state index contributed by atoms with van der Waals surface area (Å²) in [6.45, 7) is 3.50. The zero-order chi connectivity index (χ0) is 14.6. The molecule has 0 aliphatic carbocycles. The average molecular weight is 306 g/mol. The summed E-state index contributed by atoms with van der Waals surface area (Å²) in [5.41, 5.74) is -1.06. The van der Waals surface area contributed by atoms with Gasteiger partial charge < -0.3 is 0 Å². The van der Waals surface area contributed by atoms with Crippen molar-refractivity contribution in [3.63, 3.8) is 0 Å². The Labute approximate surface area is 132 Å². The van der Waals surface area contributed by atoms with Crippen molar-refractivity contribution in [2.45, 2.75) is 26.7 Å². The van der Waals surface area contributed by atoms with Crippen LogP contribution in [0.4, 0.5) is 4.79 Å². The molecule has 1 heterocycles. The summed E-state index contributed by atoms with van der Waals surface area (Å²) < 4.78 is 31.6. The topological polar surface area (TPSA) is 150 Å². The Kier molecular flexibility index (Phi) is 8.67. The van der Waals surface area contributed by atoms with Gasteiger partial charge in [0.1, 0.15) is 5.41 Å². The van der Waals surface area contributed by atoms with Crippen LogP contribution in [0, 0.1) is 5.41 Å². The van der Waals surface area contributed by atoms with Gasteiger partial charge in [-0.05, 0) is 12.8 Å². The molecule has 11 heteroatoms. The average Bonchev–Trinajstić information content (AvgIpc) is 2.15. The van der Waals surface area contributed by atoms with Gasteiger partial charge in [0, 0.05) is 0 Å². The molecule has 106 valence electrons. The Bertz CT molecular complexity index is 428. The standard InChI is InChI=1S/C8H12N2O3.Na.H2O4S.H/c1-3-8(4-2)5(11)9-7(13)10-6(8)12;;1-5(2,3)4;/h3-4H2,1-2H3,(H2,9,10,11,12,13);;(H2,1,2,3,4);. The van der Waals surface area contributed by atoms with Gasteiger partial charge in [-0.25, -0.2) is 4.79 Å². The third kappa shape index (κ3) is 6.45. The van der Waals surface area contributed by atoms with Crippen molar-refractivity contribution in [3.8, 4) is 0 Å². The molecule has 1 rings (SSSR count). The summed E-state index contributed by atoms with van der Waals surface area (Å²) in [4.78, 5) is 33.6. The maximum atomic E-state index is 11.4. The molecule has 4 N–H and O–H groups in total. The van der Waals surface area contributed by atoms with Gasteiger partial charge in [-0.2, -0.15) is 8.42 Å². The molecule has 0 radical (unpaired) electrons. The summed E-state index contributed by atoms with van der Waals surface area (Å²) >= 11 is 0. The van der Waals surface area contributed by atoms with E-state index in [2.05, 4.69) is 10.6 Å². The second-order valence-corrected chi connectivity index (χ2v) is 4.37. The normalized spacial score (nSPS) is 17.4. The van der Waals surface area contributed by atoms with E-state index in [1.54, 1.807) is 13.8 Å². The number of hydrogen-bond acceptors (Lipinski definition) is 5. The Morgan fingerprint density at radius 3 is 1.47 bits per heavy atom. The molecule has 4 amide bonds. The van der Waals surface area contributed by atoms with Gasteiger partial charge in [0.25, 0.3) is 0 Å². The van der Waals surface area contributed by atoms with Crippen LogP contribution in [0.25, 0.3) is 0 Å². The van der Waals surface area contributed by atoms with Crippen LogP contribution in [0.3, 0.4) is 0 Å². The van der Waals surface area contributed by atoms with Crippen LogP contribution in [0.5, 0.6) is 0 Å². The third-order valence-corrected chi connectivity index (χ3v) is 2.53. The molecule has 9 nitrogen and oxygen atoms in total. The fraction of sp³-hybridized carbons (Fsp3) is 0.625. The molecule has 0 aromatic rings. The minimum atomic E-state index is -4.67. The van der Waals surface area contributed by atoms with Crippen molar-refractivity contribution in [2.24, 2.45) is 5.41 Å². The summed E-state index contributed by atoms with van der Waals surface area (Å²) in [6.07, 6.45) is 0.795. The first-order chi connectivity index (χ1) is 8.06. The fourth-order valence-electron chi connectivity index (χ4n) is 1.47. The quantitative estimate of drug-likeness (QED) is 0.286. The van der Waals surface area contributed by atoms with E-state index >= 15 is 0 Å². The molecular weight excluding hydrogens is 291 g/mol. The SMILES string of the molecule is CCC1(CC)C(=O)NC(=O)NC1=O.O=S(=O)(O)O.[NaH]. The Morgan fingerprint density at radius 1 is 1.00 bits per heavy atom. The van der Waals surface area contributed by atoms with Crippen molar-refractivity contribution in [1.29, 1.82) is 0 Å². The zero-order valence-corrected chi connectivity index (χ0v) is 10.6. The number of urea groups is 1. The van der Waals surface area contributed by atoms with Crippen LogP contribution in [0.1, 0.15) is 26.7 Å². The van der Waals surface area contributed by atoms with E-state index in [0.29, 0.717) is 12.8 Å². The molecule has 19 heavy (non-hydrogen) atoms. The zero-order valence-electron chi connectivity index (χ0n) is 9.76. The van der Waals surface area contributed by atoms with Crippen molar-refractivity contribution in [3.05, 3.63) is 0 Å². The molecule has 1 aliphatic heterocycles. The van der Waals surface area contributed by atoms with Gasteiger partial charge in [0.2, 0.25) is 11.8 Å². The molecule has 1 aliphatic rings. The maximum absolute atomic E-state index is 11.4. The van der Waals surface area contributed by atoms with E-state index in [1.165, 1.54) is 0 Å². The number of hydrogen-bond donors (Lipinski definition) is 4. The van der Waals surface area contributed by atoms with E-state index < -0.39 is 33.7 Å². The number of amides is 4. The predicted molar refractivity (Wildman–Crippen MR) is 66.0 cm³/mol. The molecular formula is C8H15N2NaO7S. The van der Waals surface area contributed by atoms with Gasteiger partial charge >= 0.3 is 46.0 Å². The molecule has 1 saturated heterocycles. The Morgan fingerprint density at radius 2 is 1.26 bits per heavy atom. The molecule has 1 fully saturated rings. The molecule has 0 unspecified atom stereocenters. The van der Waals surface area contributed by atoms with Crippen LogP contribution in [-0.2, 0) is 20.0 Å². The molecule has 0 aromatic heterocycles. The third-order valence-electron chi connectivity index (χ3n) is 2.53. The summed E-state index contributed by atoms with van der Waals surface area (Å²) in [5, 5.41) is 4.19. The van der Waals surface area contributed by atoms with Crippen molar-refractivity contribution in [2.75, 3.05) is 0 Å². The van der Waals surface area contributed by atoms with E-state index in [-0.39, 0.29) is 29.6 Å². The van der Waals surface area contributed by atoms with E-state index in [9.17, 15) is 14.4 Å². The van der Waals surface area contributed by atoms with Gasteiger partial charge in [-0.3, -0.25) is 29.3 Å². The van der Waals surface area contributed by atoms with Crippen molar-refractivity contribution >= 4 is 57.8 Å². The minimum absolute atomic E-state index is 0. The van der Waals surface area contributed by atoms with E-state index in [4.69, 9.17) is 17.5 Å². The monoisotopic (exact) mass is 306 g/mol.